The number of methoxy groups -OCH3 is 3. The largest absolute Gasteiger partial charge is 0.507 e. The van der Waals surface area contributed by atoms with Crippen molar-refractivity contribution in [2.75, 3.05) is 53.2 Å². The fraction of sp³-hybridized carbons (Fsp3) is 0.0769. The first-order chi connectivity index (χ1) is 62.0. The lowest BCUT2D eigenvalue weighted by Crippen LogP contribution is -2.13. The summed E-state index contributed by atoms with van der Waals surface area (Å²) in [6.07, 6.45) is 0. The Labute approximate surface area is 770 Å². The van der Waals surface area contributed by atoms with Gasteiger partial charge in [0.1, 0.15) is 46.1 Å². The average Bonchev–Trinajstić information content (AvgIpc) is 0.827. The van der Waals surface area contributed by atoms with E-state index in [1.165, 1.54) is 179 Å². The standard InChI is InChI=1S/C16H14ClNO5.C16H14ClNO4.C15H11ClFNO4.C15H12ClNO5.C15H12ClNO4.C14H9ClFNO4/c1-23-16(22)10-3-4-13(12(17)7-10)18-15(21)11-6-9(8-19)2-5-14(11)20;1-9-3-6-14(19)11(7-9)15(20)18-13-5-4-10(8-12(13)17)16(21)22-2;1-22-15(21)8-2-4-12(11(16)6-8)18-14(20)10-7-9(17)3-5-13(10)19;16-11-6-9(15(21)22)2-3-12(11)17-14(20)10-5-8(7-18)1-4-13(10)19;1-8-2-5-13(18)10(6-8)14(19)17-12-4-3-9(15(20)21)7-11(12)16;15-10-5-7(14(20)21)1-3-11(10)17-13(19)9-6-8(16)2-4-12(9)18/h2-7,19-20H,8H2,1H3,(H,18,21);3-8,19H,1-2H3,(H,18,20);2-7,19H,1H3,(H,18,20);1-6,18-19H,7H2,(H,17,20)(H,21,22);2-7,18H,1H3,(H,17,19)(H,20,21);1-6,18H,(H,17,19)(H,20,21). The van der Waals surface area contributed by atoms with Gasteiger partial charge >= 0.3 is 35.8 Å². The second-order valence-electron chi connectivity index (χ2n) is 26.7. The number of anilines is 6. The van der Waals surface area contributed by atoms with Crippen LogP contribution in [0.3, 0.4) is 0 Å². The highest BCUT2D eigenvalue weighted by molar-refractivity contribution is 6.37. The number of esters is 3. The molecule has 0 radical (unpaired) electrons. The number of nitrogens with one attached hydrogen (secondary N) is 6. The van der Waals surface area contributed by atoms with Crippen molar-refractivity contribution in [3.8, 4) is 34.5 Å². The first-order valence-electron chi connectivity index (χ1n) is 37.0. The number of aromatic hydroxyl groups is 6. The molecule has 0 unspecified atom stereocenters. The van der Waals surface area contributed by atoms with Crippen LogP contribution in [0.25, 0.3) is 0 Å². The Balaban J connectivity index is 0.000000215. The monoisotopic (exact) mass is 1910 g/mol. The summed E-state index contributed by atoms with van der Waals surface area (Å²) in [6.45, 7) is 3.09. The van der Waals surface area contributed by atoms with Gasteiger partial charge in [0.15, 0.2) is 0 Å². The number of aliphatic hydroxyl groups is 2. The number of aliphatic hydroxyl groups excluding tert-OH is 2. The van der Waals surface area contributed by atoms with Gasteiger partial charge in [0.25, 0.3) is 35.4 Å². The van der Waals surface area contributed by atoms with Gasteiger partial charge in [-0.2, -0.15) is 0 Å². The van der Waals surface area contributed by atoms with Crippen LogP contribution in [0.5, 0.6) is 34.5 Å². The summed E-state index contributed by atoms with van der Waals surface area (Å²) in [7, 11) is 3.76. The number of halogens is 8. The van der Waals surface area contributed by atoms with E-state index in [4.69, 9.17) is 95.1 Å². The molecule has 0 saturated heterocycles. The van der Waals surface area contributed by atoms with Crippen molar-refractivity contribution in [1.82, 2.24) is 0 Å². The van der Waals surface area contributed by atoms with Gasteiger partial charge < -0.3 is 102 Å². The van der Waals surface area contributed by atoms with E-state index in [1.807, 2.05) is 6.92 Å². The second-order valence-corrected chi connectivity index (χ2v) is 29.1. The van der Waals surface area contributed by atoms with Gasteiger partial charge in [-0.3, -0.25) is 28.8 Å². The Bertz CT molecular complexity index is 6170. The third-order valence-corrected chi connectivity index (χ3v) is 19.4. The molecule has 0 fully saturated rings. The zero-order valence-corrected chi connectivity index (χ0v) is 72.8. The summed E-state index contributed by atoms with van der Waals surface area (Å²) in [5.41, 5.74) is 4.57. The Morgan fingerprint density at radius 2 is 0.458 bits per heavy atom. The molecule has 12 aromatic rings. The molecule has 0 aliphatic heterocycles. The van der Waals surface area contributed by atoms with Crippen LogP contribution in [-0.2, 0) is 27.4 Å². The number of hydrogen-bond acceptors (Lipinski definition) is 23. The molecule has 0 spiro atoms. The number of aryl methyl sites for hydroxylation is 2. The summed E-state index contributed by atoms with van der Waals surface area (Å²) in [6, 6.07) is 48.1. The number of hydrogen-bond donors (Lipinski definition) is 17. The molecule has 40 heteroatoms. The lowest BCUT2D eigenvalue weighted by atomic mass is 10.1. The average molecular weight is 1920 g/mol. The van der Waals surface area contributed by atoms with Crippen LogP contribution >= 0.6 is 69.6 Å². The smallest absolute Gasteiger partial charge is 0.337 e. The molecular weight excluding hydrogens is 1840 g/mol. The van der Waals surface area contributed by atoms with Crippen molar-refractivity contribution in [2.45, 2.75) is 27.1 Å². The number of carbonyl (C=O) groups is 12. The SMILES string of the molecule is COC(=O)c1ccc(NC(=O)c2cc(C)ccc2O)c(Cl)c1.COC(=O)c1ccc(NC(=O)c2cc(CO)ccc2O)c(Cl)c1.COC(=O)c1ccc(NC(=O)c2cc(F)ccc2O)c(Cl)c1.Cc1ccc(O)c(C(=O)Nc2ccc(C(=O)O)cc2Cl)c1.O=C(O)c1ccc(NC(=O)c2cc(CO)ccc2O)c(Cl)c1.O=C(O)c1ccc(NC(=O)c2cc(F)ccc2O)c(Cl)c1. The maximum Gasteiger partial charge on any atom is 0.337 e. The van der Waals surface area contributed by atoms with Crippen LogP contribution in [0.4, 0.5) is 42.9 Å². The lowest BCUT2D eigenvalue weighted by molar-refractivity contribution is 0.0592. The molecule has 0 atom stereocenters. The van der Waals surface area contributed by atoms with Gasteiger partial charge in [0.05, 0.1) is 166 Å². The van der Waals surface area contributed by atoms with Crippen LogP contribution in [0.1, 0.15) is 147 Å². The molecule has 0 heterocycles. The number of phenolic OH excluding ortho intramolecular Hbond substituents is 6. The van der Waals surface area contributed by atoms with Crippen molar-refractivity contribution >= 4 is 175 Å². The van der Waals surface area contributed by atoms with Gasteiger partial charge in [-0.15, -0.1) is 0 Å². The third kappa shape index (κ3) is 29.3. The number of phenols is 6. The van der Waals surface area contributed by atoms with Gasteiger partial charge in [0.2, 0.25) is 0 Å². The minimum Gasteiger partial charge on any atom is -0.507 e. The van der Waals surface area contributed by atoms with Gasteiger partial charge in [-0.05, 0) is 219 Å². The summed E-state index contributed by atoms with van der Waals surface area (Å²) in [5, 5.41) is 118. The minimum absolute atomic E-state index is 0.00432. The fourth-order valence-corrected chi connectivity index (χ4v) is 12.1. The van der Waals surface area contributed by atoms with Gasteiger partial charge in [0, 0.05) is 0 Å². The molecule has 17 N–H and O–H groups in total. The molecule has 0 saturated carbocycles. The number of rotatable bonds is 20. The molecule has 0 aliphatic carbocycles. The molecule has 0 aromatic heterocycles. The van der Waals surface area contributed by atoms with Crippen LogP contribution in [-0.4, -0.2) is 149 Å². The number of benzene rings is 12. The summed E-state index contributed by atoms with van der Waals surface area (Å²) in [5.74, 6) is -11.6. The van der Waals surface area contributed by atoms with E-state index >= 15 is 0 Å². The number of carboxylic acid groups (broad SMARTS) is 3. The fourth-order valence-electron chi connectivity index (χ4n) is 10.7. The van der Waals surface area contributed by atoms with E-state index in [2.05, 4.69) is 46.1 Å². The number of amides is 6. The van der Waals surface area contributed by atoms with E-state index in [-0.39, 0.29) is 173 Å². The Morgan fingerprint density at radius 1 is 0.267 bits per heavy atom. The molecule has 0 aliphatic rings. The molecule has 6 amide bonds. The topological polar surface area (TPSA) is 527 Å². The van der Waals surface area contributed by atoms with E-state index in [9.17, 15) is 97.0 Å². The van der Waals surface area contributed by atoms with Crippen molar-refractivity contribution in [3.05, 3.63) is 349 Å². The molecule has 131 heavy (non-hydrogen) atoms. The zero-order chi connectivity index (χ0) is 96.9. The summed E-state index contributed by atoms with van der Waals surface area (Å²) >= 11 is 35.8. The van der Waals surface area contributed by atoms with E-state index < -0.39 is 82.9 Å². The third-order valence-electron chi connectivity index (χ3n) is 17.5. The van der Waals surface area contributed by atoms with Crippen LogP contribution in [0.2, 0.25) is 30.1 Å². The zero-order valence-electron chi connectivity index (χ0n) is 68.3. The molecule has 12 aromatic carbocycles. The first-order valence-corrected chi connectivity index (χ1v) is 39.3. The highest BCUT2D eigenvalue weighted by atomic mass is 35.5. The molecule has 0 bridgehead atoms. The van der Waals surface area contributed by atoms with E-state index in [1.54, 1.807) is 31.2 Å². The lowest BCUT2D eigenvalue weighted by Gasteiger charge is -2.10. The van der Waals surface area contributed by atoms with Gasteiger partial charge in [-0.1, -0.05) is 105 Å². The van der Waals surface area contributed by atoms with Crippen molar-refractivity contribution in [1.29, 1.82) is 0 Å². The molecule has 678 valence electrons. The quantitative estimate of drug-likeness (QED) is 0.0249. The van der Waals surface area contributed by atoms with Crippen LogP contribution < -0.4 is 31.9 Å². The van der Waals surface area contributed by atoms with Crippen molar-refractivity contribution < 1.29 is 137 Å². The van der Waals surface area contributed by atoms with Gasteiger partial charge in [-0.25, -0.2) is 37.5 Å². The van der Waals surface area contributed by atoms with E-state index in [0.717, 1.165) is 47.5 Å². The predicted molar refractivity (Wildman–Crippen MR) is 481 cm³/mol. The Hall–Kier alpha value is -15.4. The van der Waals surface area contributed by atoms with E-state index in [0.29, 0.717) is 16.8 Å². The second kappa shape index (κ2) is 48.0. The Kier molecular flexibility index (Phi) is 37.6. The molecule has 12 rings (SSSR count). The number of aromatic carboxylic acids is 3. The molecular formula is C91H72Cl6F2N6O26. The number of carbonyl (C=O) groups excluding carboxylic acids is 9. The van der Waals surface area contributed by atoms with Crippen LogP contribution in [0, 0.1) is 25.5 Å². The number of carboxylic acids is 3. The molecule has 32 nitrogen and oxygen atoms in total. The Morgan fingerprint density at radius 3 is 0.664 bits per heavy atom. The van der Waals surface area contributed by atoms with Crippen molar-refractivity contribution in [2.24, 2.45) is 0 Å². The number of ether oxygens (including phenoxy) is 3. The minimum atomic E-state index is -1.16. The summed E-state index contributed by atoms with van der Waals surface area (Å²) in [4.78, 5) is 139. The highest BCUT2D eigenvalue weighted by Crippen LogP contribution is 2.34. The van der Waals surface area contributed by atoms with Crippen LogP contribution in [0.15, 0.2) is 218 Å². The van der Waals surface area contributed by atoms with Crippen molar-refractivity contribution in [3.63, 3.8) is 0 Å². The predicted octanol–water partition coefficient (Wildman–Crippen LogP) is 18.1. The normalized spacial score (nSPS) is 10.2. The first kappa shape index (κ1) is 103. The summed E-state index contributed by atoms with van der Waals surface area (Å²) < 4.78 is 39.9. The highest BCUT2D eigenvalue weighted by Gasteiger charge is 2.23. The maximum atomic E-state index is 13.1. The maximum absolute atomic E-state index is 13.1.